The van der Waals surface area contributed by atoms with E-state index in [2.05, 4.69) is 131 Å². The fraction of sp³-hybridized carbons (Fsp3) is 0.129. The maximum Gasteiger partial charge on any atom is 2.00 e. The smallest absolute Gasteiger partial charge is 0.509 e. The molecule has 0 unspecified atom stereocenters. The summed E-state index contributed by atoms with van der Waals surface area (Å²) >= 11 is 0. The van der Waals surface area contributed by atoms with Crippen LogP contribution in [0.2, 0.25) is 0 Å². The van der Waals surface area contributed by atoms with Gasteiger partial charge in [0.05, 0.1) is 11.1 Å². The Morgan fingerprint density at radius 3 is 1.93 bits per heavy atom. The number of nitrogens with zero attached hydrogens (tertiary/aromatic N) is 4. The molecule has 5 nitrogen and oxygen atoms in total. The third kappa shape index (κ3) is 8.51. The van der Waals surface area contributed by atoms with Crippen LogP contribution in [0.4, 0.5) is 31.5 Å². The van der Waals surface area contributed by atoms with Crippen molar-refractivity contribution in [3.8, 4) is 50.7 Å². The van der Waals surface area contributed by atoms with E-state index in [4.69, 9.17) is 9.72 Å². The van der Waals surface area contributed by atoms with Crippen molar-refractivity contribution in [2.24, 2.45) is 0 Å². The van der Waals surface area contributed by atoms with Crippen LogP contribution < -0.4 is 13.9 Å². The number of fused-ring (bicyclic) bond motifs is 4. The molecular formula is C62H48F2N4OPt+2. The molecule has 0 spiro atoms. The predicted molar refractivity (Wildman–Crippen MR) is 277 cm³/mol. The van der Waals surface area contributed by atoms with Crippen LogP contribution in [0.15, 0.2) is 182 Å². The molecule has 11 rings (SSSR count). The summed E-state index contributed by atoms with van der Waals surface area (Å²) in [6.07, 6.45) is 1.88. The van der Waals surface area contributed by atoms with E-state index >= 15 is 8.78 Å². The minimum absolute atomic E-state index is 0. The second kappa shape index (κ2) is 18.1. The summed E-state index contributed by atoms with van der Waals surface area (Å²) in [5, 5.41) is 2.13. The summed E-state index contributed by atoms with van der Waals surface area (Å²) in [5.41, 5.74) is 11.9. The Hall–Kier alpha value is -7.56. The van der Waals surface area contributed by atoms with Crippen LogP contribution in [0.1, 0.15) is 52.7 Å². The van der Waals surface area contributed by atoms with Gasteiger partial charge in [-0.05, 0) is 91.1 Å². The Bertz CT molecular complexity index is 3720. The first-order chi connectivity index (χ1) is 33.3. The first kappa shape index (κ1) is 46.2. The van der Waals surface area contributed by atoms with Gasteiger partial charge in [-0.25, -0.2) is 13.8 Å². The van der Waals surface area contributed by atoms with Gasteiger partial charge in [0.15, 0.2) is 0 Å². The van der Waals surface area contributed by atoms with Crippen LogP contribution in [0, 0.1) is 23.8 Å². The summed E-state index contributed by atoms with van der Waals surface area (Å²) < 4.78 is 43.1. The number of aromatic nitrogens is 2. The Labute approximate surface area is 421 Å². The van der Waals surface area contributed by atoms with E-state index in [0.29, 0.717) is 28.3 Å². The van der Waals surface area contributed by atoms with Crippen LogP contribution in [-0.4, -0.2) is 15.6 Å². The van der Waals surface area contributed by atoms with Gasteiger partial charge in [0.2, 0.25) is 5.69 Å². The van der Waals surface area contributed by atoms with E-state index in [1.165, 1.54) is 23.3 Å². The molecule has 1 aliphatic heterocycles. The van der Waals surface area contributed by atoms with E-state index in [0.717, 1.165) is 73.0 Å². The van der Waals surface area contributed by atoms with Gasteiger partial charge in [-0.2, -0.15) is 6.07 Å². The Kier molecular flexibility index (Phi) is 11.9. The van der Waals surface area contributed by atoms with Gasteiger partial charge in [0.1, 0.15) is 23.1 Å². The van der Waals surface area contributed by atoms with E-state index < -0.39 is 11.6 Å². The number of ether oxygens (including phenoxy) is 1. The molecule has 0 fully saturated rings. The number of rotatable bonds is 8. The molecule has 0 radical (unpaired) electrons. The largest absolute Gasteiger partial charge is 2.00 e. The molecule has 0 aliphatic carbocycles. The first-order valence-electron chi connectivity index (χ1n) is 23.2. The molecular weight excluding hydrogens is 1050 g/mol. The number of hydrogen-bond donors (Lipinski definition) is 0. The molecule has 10 aromatic rings. The average molecular weight is 1100 g/mol. The molecule has 8 aromatic carbocycles. The number of para-hydroxylation sites is 4. The molecule has 0 saturated carbocycles. The molecule has 0 atom stereocenters. The molecule has 3 heterocycles. The molecule has 0 bridgehead atoms. The zero-order valence-electron chi connectivity index (χ0n) is 39.6. The van der Waals surface area contributed by atoms with Crippen LogP contribution in [0.25, 0.3) is 61.0 Å². The van der Waals surface area contributed by atoms with E-state index in [1.807, 2.05) is 106 Å². The number of halogens is 2. The summed E-state index contributed by atoms with van der Waals surface area (Å²) in [6, 6.07) is 67.9. The number of pyridine rings is 1. The van der Waals surface area contributed by atoms with Gasteiger partial charge in [0.25, 0.3) is 11.4 Å². The van der Waals surface area contributed by atoms with Crippen molar-refractivity contribution in [3.63, 3.8) is 0 Å². The average Bonchev–Trinajstić information content (AvgIpc) is 3.89. The number of hydrogen-bond acceptors (Lipinski definition) is 2. The monoisotopic (exact) mass is 1100 g/mol. The van der Waals surface area contributed by atoms with Crippen LogP contribution in [-0.2, 0) is 31.9 Å². The van der Waals surface area contributed by atoms with Gasteiger partial charge in [-0.1, -0.05) is 155 Å². The molecule has 1 aliphatic rings. The van der Waals surface area contributed by atoms with Crippen molar-refractivity contribution >= 4 is 50.6 Å². The van der Waals surface area contributed by atoms with Crippen LogP contribution in [0.3, 0.4) is 0 Å². The molecule has 2 aromatic heterocycles. The quantitative estimate of drug-likeness (QED) is 0.112. The summed E-state index contributed by atoms with van der Waals surface area (Å²) in [5.74, 6) is 0.491. The summed E-state index contributed by atoms with van der Waals surface area (Å²) in [6.45, 7) is 13.3. The van der Waals surface area contributed by atoms with Crippen LogP contribution in [0.5, 0.6) is 11.5 Å². The summed E-state index contributed by atoms with van der Waals surface area (Å²) in [7, 11) is 0. The fourth-order valence-corrected chi connectivity index (χ4v) is 9.53. The van der Waals surface area contributed by atoms with Crippen molar-refractivity contribution in [1.82, 2.24) is 18.7 Å². The predicted octanol–water partition coefficient (Wildman–Crippen LogP) is 16.3. The Balaban J connectivity index is 0.00000567. The maximum atomic E-state index is 15.0. The Morgan fingerprint density at radius 1 is 0.543 bits per heavy atom. The van der Waals surface area contributed by atoms with E-state index in [-0.39, 0.29) is 31.9 Å². The standard InChI is InChI=1S/C62H48F2N4O.Pt/c1-61(2,3)43-29-30-65-59(35-43)68-55-24-13-11-20-52(55)53-28-27-47(38-58(53)68)69-48-34-42(49-19-10-12-23-54(49)62(4,5)6)33-46(37-48)66-39-67(57-26-15-14-25-56(57)66)60-50(40-17-8-7-9-18-40)21-16-22-51(60)41-31-44(63)36-45(64)32-41;/h7-36H,1-6H3;/q;+2. The van der Waals surface area contributed by atoms with Gasteiger partial charge in [-0.15, -0.1) is 29.1 Å². The second-order valence-electron chi connectivity index (χ2n) is 19.6. The zero-order valence-corrected chi connectivity index (χ0v) is 41.9. The molecule has 0 N–H and O–H groups in total. The van der Waals surface area contributed by atoms with Crippen molar-refractivity contribution in [2.75, 3.05) is 0 Å². The fourth-order valence-electron chi connectivity index (χ4n) is 9.53. The first-order valence-corrected chi connectivity index (χ1v) is 23.2. The van der Waals surface area contributed by atoms with Crippen molar-refractivity contribution in [3.05, 3.63) is 217 Å². The van der Waals surface area contributed by atoms with Gasteiger partial charge in [0, 0.05) is 41.4 Å². The molecule has 0 saturated heterocycles. The topological polar surface area (TPSA) is 33.1 Å². The molecule has 70 heavy (non-hydrogen) atoms. The molecule has 8 heteroatoms. The minimum Gasteiger partial charge on any atom is -0.509 e. The normalized spacial score (nSPS) is 12.4. The van der Waals surface area contributed by atoms with Crippen molar-refractivity contribution in [2.45, 2.75) is 52.4 Å². The maximum absolute atomic E-state index is 15.0. The third-order valence-corrected chi connectivity index (χ3v) is 12.8. The van der Waals surface area contributed by atoms with Gasteiger partial charge in [-0.3, -0.25) is 0 Å². The summed E-state index contributed by atoms with van der Waals surface area (Å²) in [4.78, 5) is 4.88. The van der Waals surface area contributed by atoms with E-state index in [1.54, 1.807) is 0 Å². The van der Waals surface area contributed by atoms with E-state index in [9.17, 15) is 0 Å². The minimum atomic E-state index is -0.656. The van der Waals surface area contributed by atoms with Gasteiger partial charge >= 0.3 is 27.1 Å². The Morgan fingerprint density at radius 2 is 1.19 bits per heavy atom. The zero-order chi connectivity index (χ0) is 47.6. The second-order valence-corrected chi connectivity index (χ2v) is 19.6. The molecule has 0 amide bonds. The number of benzene rings is 8. The van der Waals surface area contributed by atoms with Gasteiger partial charge < -0.3 is 9.30 Å². The van der Waals surface area contributed by atoms with Crippen molar-refractivity contribution in [1.29, 1.82) is 0 Å². The van der Waals surface area contributed by atoms with Crippen LogP contribution >= 0.6 is 0 Å². The third-order valence-electron chi connectivity index (χ3n) is 12.8. The van der Waals surface area contributed by atoms with Crippen molar-refractivity contribution < 1.29 is 34.6 Å². The molecule has 344 valence electrons. The SMILES string of the molecule is CC(C)(C)c1ccnc(-n2c3[c-]c(Oc4[c-]c([N+]5=C=[N+](c6c(-c7ccccc7)cccc6-c6cc(F)cc(F)c6)c6ccccc65)cc(-c5ccccc5C(C)(C)C)c4)ccc3c3ccccc32)c1.[Pt+2].